The van der Waals surface area contributed by atoms with Gasteiger partial charge in [-0.2, -0.15) is 5.10 Å². The Hall–Kier alpha value is -3.48. The van der Waals surface area contributed by atoms with Crippen LogP contribution in [0.1, 0.15) is 57.1 Å². The molecular weight excluding hydrogens is 392 g/mol. The number of nitrogens with zero attached hydrogens (tertiary/aromatic N) is 3. The second kappa shape index (κ2) is 9.12. The average molecular weight is 418 g/mol. The van der Waals surface area contributed by atoms with Crippen LogP contribution in [-0.2, 0) is 20.1 Å². The largest absolute Gasteiger partial charge is 0.487 e. The van der Waals surface area contributed by atoms with Crippen LogP contribution in [0.5, 0.6) is 5.75 Å². The number of aryl methyl sites for hydroxylation is 1. The van der Waals surface area contributed by atoms with Crippen LogP contribution in [0, 0.1) is 5.92 Å². The molecule has 1 N–H and O–H groups in total. The highest BCUT2D eigenvalue weighted by molar-refractivity contribution is 5.99. The number of ether oxygens (including phenoxy) is 1. The van der Waals surface area contributed by atoms with Crippen molar-refractivity contribution in [2.45, 2.75) is 32.3 Å². The number of Topliss-reactive ketones (excluding diaryl/α,β-unsaturated/α-hetero) is 1. The van der Waals surface area contributed by atoms with Gasteiger partial charge in [0.1, 0.15) is 18.1 Å². The number of pyridine rings is 1. The molecule has 0 atom stereocenters. The van der Waals surface area contributed by atoms with Gasteiger partial charge in [0.05, 0.1) is 5.69 Å². The number of carbonyl (C=O) groups is 2. The number of ketones is 1. The number of nitrogens with one attached hydrogen (secondary N) is 1. The third-order valence-corrected chi connectivity index (χ3v) is 5.27. The summed E-state index contributed by atoms with van der Waals surface area (Å²) in [6.45, 7) is 0.383. The van der Waals surface area contributed by atoms with E-state index >= 15 is 0 Å². The summed E-state index contributed by atoms with van der Waals surface area (Å²) in [7, 11) is 3.43. The number of rotatable bonds is 9. The maximum atomic E-state index is 12.7. The molecule has 1 amide bonds. The minimum Gasteiger partial charge on any atom is -0.487 e. The van der Waals surface area contributed by atoms with E-state index in [0.717, 1.165) is 29.8 Å². The minimum absolute atomic E-state index is 0.0729. The van der Waals surface area contributed by atoms with Crippen molar-refractivity contribution in [3.05, 3.63) is 76.9 Å². The standard InChI is InChI=1S/C24H26N4O3/c1-25-24(30)22-14-18(23(29)12-16-6-7-16)13-20(26-22)10-17-4-3-5-21(11-17)31-15-19-8-9-28(2)27-19/h3-5,8-9,11,13-14,16H,6-7,10,12,15H2,1-2H3,(H,25,30). The van der Waals surface area contributed by atoms with Gasteiger partial charge in [-0.05, 0) is 54.7 Å². The van der Waals surface area contributed by atoms with Gasteiger partial charge in [-0.1, -0.05) is 12.1 Å². The second-order valence-corrected chi connectivity index (χ2v) is 7.98. The highest BCUT2D eigenvalue weighted by Gasteiger charge is 2.25. The van der Waals surface area contributed by atoms with Crippen molar-refractivity contribution in [3.8, 4) is 5.75 Å². The predicted octanol–water partition coefficient (Wildman–Crippen LogP) is 3.33. The molecule has 0 unspecified atom stereocenters. The fourth-order valence-corrected chi connectivity index (χ4v) is 3.44. The van der Waals surface area contributed by atoms with Crippen molar-refractivity contribution in [1.82, 2.24) is 20.1 Å². The van der Waals surface area contributed by atoms with E-state index in [1.54, 1.807) is 23.9 Å². The monoisotopic (exact) mass is 418 g/mol. The smallest absolute Gasteiger partial charge is 0.269 e. The molecule has 1 aromatic carbocycles. The first-order valence-electron chi connectivity index (χ1n) is 10.5. The van der Waals surface area contributed by atoms with E-state index in [2.05, 4.69) is 15.4 Å². The van der Waals surface area contributed by atoms with Gasteiger partial charge in [-0.15, -0.1) is 0 Å². The maximum Gasteiger partial charge on any atom is 0.269 e. The summed E-state index contributed by atoms with van der Waals surface area (Å²) >= 11 is 0. The van der Waals surface area contributed by atoms with E-state index in [1.807, 2.05) is 43.6 Å². The number of aromatic nitrogens is 3. The van der Waals surface area contributed by atoms with E-state index in [0.29, 0.717) is 36.6 Å². The quantitative estimate of drug-likeness (QED) is 0.539. The number of hydrogen-bond acceptors (Lipinski definition) is 5. The van der Waals surface area contributed by atoms with E-state index in [4.69, 9.17) is 4.74 Å². The van der Waals surface area contributed by atoms with Crippen LogP contribution < -0.4 is 10.1 Å². The summed E-state index contributed by atoms with van der Waals surface area (Å²) in [6.07, 6.45) is 5.12. The normalized spacial score (nSPS) is 13.1. The lowest BCUT2D eigenvalue weighted by atomic mass is 10.0. The Labute approximate surface area is 181 Å². The molecule has 1 fully saturated rings. The Bertz CT molecular complexity index is 1100. The summed E-state index contributed by atoms with van der Waals surface area (Å²) in [5, 5.41) is 6.91. The second-order valence-electron chi connectivity index (χ2n) is 7.98. The fourth-order valence-electron chi connectivity index (χ4n) is 3.44. The molecule has 31 heavy (non-hydrogen) atoms. The Balaban J connectivity index is 1.51. The Kier molecular flexibility index (Phi) is 6.11. The van der Waals surface area contributed by atoms with Gasteiger partial charge in [-0.25, -0.2) is 4.98 Å². The van der Waals surface area contributed by atoms with Gasteiger partial charge in [0.15, 0.2) is 5.78 Å². The first-order chi connectivity index (χ1) is 15.0. The summed E-state index contributed by atoms with van der Waals surface area (Å²) in [5.74, 6) is 0.995. The molecule has 0 saturated heterocycles. The molecule has 0 spiro atoms. The molecule has 3 aromatic rings. The number of benzene rings is 1. The summed E-state index contributed by atoms with van der Waals surface area (Å²) < 4.78 is 7.60. The zero-order valence-corrected chi connectivity index (χ0v) is 17.8. The molecule has 0 radical (unpaired) electrons. The number of carbonyl (C=O) groups excluding carboxylic acids is 2. The third kappa shape index (κ3) is 5.57. The van der Waals surface area contributed by atoms with Crippen molar-refractivity contribution in [2.24, 2.45) is 13.0 Å². The van der Waals surface area contributed by atoms with Crippen molar-refractivity contribution in [3.63, 3.8) is 0 Å². The SMILES string of the molecule is CNC(=O)c1cc(C(=O)CC2CC2)cc(Cc2cccc(OCc3ccn(C)n3)c2)n1. The highest BCUT2D eigenvalue weighted by atomic mass is 16.5. The van der Waals surface area contributed by atoms with Crippen LogP contribution in [0.15, 0.2) is 48.7 Å². The van der Waals surface area contributed by atoms with Gasteiger partial charge in [-0.3, -0.25) is 14.3 Å². The zero-order valence-electron chi connectivity index (χ0n) is 17.8. The molecule has 7 nitrogen and oxygen atoms in total. The lowest BCUT2D eigenvalue weighted by molar-refractivity contribution is 0.0958. The maximum absolute atomic E-state index is 12.7. The summed E-state index contributed by atoms with van der Waals surface area (Å²) in [4.78, 5) is 29.3. The lowest BCUT2D eigenvalue weighted by Gasteiger charge is -2.10. The van der Waals surface area contributed by atoms with E-state index in [9.17, 15) is 9.59 Å². The molecule has 4 rings (SSSR count). The molecule has 1 aliphatic carbocycles. The third-order valence-electron chi connectivity index (χ3n) is 5.27. The first kappa shape index (κ1) is 20.8. The Morgan fingerprint density at radius 2 is 2.00 bits per heavy atom. The Morgan fingerprint density at radius 3 is 2.71 bits per heavy atom. The molecule has 160 valence electrons. The van der Waals surface area contributed by atoms with Crippen LogP contribution in [0.3, 0.4) is 0 Å². The fraction of sp³-hybridized carbons (Fsp3) is 0.333. The van der Waals surface area contributed by atoms with Gasteiger partial charge < -0.3 is 10.1 Å². The van der Waals surface area contributed by atoms with Crippen LogP contribution in [0.4, 0.5) is 0 Å². The van der Waals surface area contributed by atoms with Crippen molar-refractivity contribution in [2.75, 3.05) is 7.05 Å². The molecule has 1 saturated carbocycles. The average Bonchev–Trinajstić information content (AvgIpc) is 3.49. The minimum atomic E-state index is -0.297. The first-order valence-corrected chi connectivity index (χ1v) is 10.5. The molecule has 0 bridgehead atoms. The van der Waals surface area contributed by atoms with E-state index in [1.165, 1.54) is 0 Å². The predicted molar refractivity (Wildman–Crippen MR) is 116 cm³/mol. The van der Waals surface area contributed by atoms with Gasteiger partial charge in [0.2, 0.25) is 0 Å². The molecule has 2 heterocycles. The molecule has 1 aliphatic rings. The van der Waals surface area contributed by atoms with E-state index in [-0.39, 0.29) is 17.4 Å². The highest BCUT2D eigenvalue weighted by Crippen LogP contribution is 2.33. The van der Waals surface area contributed by atoms with Crippen LogP contribution in [0.2, 0.25) is 0 Å². The van der Waals surface area contributed by atoms with Gasteiger partial charge >= 0.3 is 0 Å². The number of amides is 1. The van der Waals surface area contributed by atoms with Crippen molar-refractivity contribution >= 4 is 11.7 Å². The Morgan fingerprint density at radius 1 is 1.16 bits per heavy atom. The number of hydrogen-bond donors (Lipinski definition) is 1. The van der Waals surface area contributed by atoms with Crippen LogP contribution >= 0.6 is 0 Å². The molecular formula is C24H26N4O3. The zero-order chi connectivity index (χ0) is 21.8. The van der Waals surface area contributed by atoms with E-state index < -0.39 is 0 Å². The molecule has 0 aliphatic heterocycles. The summed E-state index contributed by atoms with van der Waals surface area (Å²) in [6, 6.07) is 13.1. The summed E-state index contributed by atoms with van der Waals surface area (Å²) in [5.41, 5.74) is 3.34. The topological polar surface area (TPSA) is 86.1 Å². The van der Waals surface area contributed by atoms with Crippen molar-refractivity contribution in [1.29, 1.82) is 0 Å². The van der Waals surface area contributed by atoms with Crippen LogP contribution in [0.25, 0.3) is 0 Å². The lowest BCUT2D eigenvalue weighted by Crippen LogP contribution is -2.20. The van der Waals surface area contributed by atoms with Gasteiger partial charge in [0, 0.05) is 44.4 Å². The molecule has 7 heteroatoms. The van der Waals surface area contributed by atoms with Crippen LogP contribution in [-0.4, -0.2) is 33.5 Å². The molecule has 2 aromatic heterocycles. The van der Waals surface area contributed by atoms with Gasteiger partial charge in [0.25, 0.3) is 5.91 Å². The van der Waals surface area contributed by atoms with Crippen molar-refractivity contribution < 1.29 is 14.3 Å².